The third kappa shape index (κ3) is 19.2. The Kier molecular flexibility index (Phi) is 26.5. The minimum Gasteiger partial charge on any atom is -0.870 e. The molecule has 0 aliphatic rings. The van der Waals surface area contributed by atoms with Gasteiger partial charge in [-0.3, -0.25) is 23.8 Å². The Morgan fingerprint density at radius 1 is 0.564 bits per heavy atom. The van der Waals surface area contributed by atoms with Gasteiger partial charge in [0.1, 0.15) is 11.4 Å². The van der Waals surface area contributed by atoms with Gasteiger partial charge >= 0.3 is 53.3 Å². The third-order valence-corrected chi connectivity index (χ3v) is 14.0. The van der Waals surface area contributed by atoms with Gasteiger partial charge in [0.2, 0.25) is 11.6 Å². The Morgan fingerprint density at radius 3 is 1.28 bits per heavy atom. The molecule has 0 aliphatic carbocycles. The molecule has 6 aromatic rings. The summed E-state index contributed by atoms with van der Waals surface area (Å²) >= 11 is 40.1. The number of ketones is 2. The second-order valence-electron chi connectivity index (χ2n) is 15.2. The van der Waals surface area contributed by atoms with Crippen LogP contribution >= 0.6 is 81.2 Å². The van der Waals surface area contributed by atoms with Crippen molar-refractivity contribution < 1.29 is 97.4 Å². The molecule has 33 heteroatoms. The van der Waals surface area contributed by atoms with E-state index in [1.807, 2.05) is 9.44 Å². The number of hydrogen-bond donors (Lipinski definition) is 4. The largest absolute Gasteiger partial charge is 1.00 e. The molecular weight excluding hydrogens is 1250 g/mol. The molecule has 0 bridgehead atoms. The standard InChI is InChI=1S/C22H16Cl3F3N4O4S.C19H11Cl3F3N3O3S.C3H6ClNO.CH4.Na.H2O/c1-32(2)21(34)30-12-3-5-16(24)14(8-12)20(33)19-18(7-11(23)10-29-19)31-37(35,36)13-4-6-17(25)15(9-13)22(26,27)28;20-9-5-16(17(27-8-9)18(29)12-6-10(26)1-3-14(12)21)28-32(30,31)11-2-4-15(22)13(7-11)19(23,24)25;1-5(2)3(4)6;;;/h3-10,31H,1-2H3,(H,30,34);1-8,28H,26H2;1-2H3;1H4;;1H2/q;;;;+1;/p-1. The maximum absolute atomic E-state index is 13.3. The molecule has 416 valence electrons. The number of pyridine rings is 2. The molecule has 0 radical (unpaired) electrons. The van der Waals surface area contributed by atoms with E-state index in [0.717, 1.165) is 48.8 Å². The van der Waals surface area contributed by atoms with Gasteiger partial charge in [-0.2, -0.15) is 26.3 Å². The van der Waals surface area contributed by atoms with Crippen molar-refractivity contribution in [2.24, 2.45) is 0 Å². The van der Waals surface area contributed by atoms with Crippen molar-refractivity contribution in [1.29, 1.82) is 0 Å². The minimum atomic E-state index is -4.91. The Hall–Kier alpha value is -4.87. The molecule has 2 aromatic heterocycles. The van der Waals surface area contributed by atoms with Crippen LogP contribution in [0.5, 0.6) is 0 Å². The van der Waals surface area contributed by atoms with Crippen LogP contribution in [-0.2, 0) is 32.4 Å². The Morgan fingerprint density at radius 2 is 0.923 bits per heavy atom. The summed E-state index contributed by atoms with van der Waals surface area (Å²) in [7, 11) is -3.07. The number of rotatable bonds is 11. The van der Waals surface area contributed by atoms with Crippen LogP contribution in [0.15, 0.2) is 107 Å². The average molecular weight is 1280 g/mol. The SMILES string of the molecule is C.CN(C)C(=O)Cl.CN(C)C(=O)Nc1ccc(Cl)c(C(=O)c2ncc(Cl)cc2NS(=O)(=O)c2ccc(Cl)c(C(F)(F)F)c2)c1.Nc1ccc(Cl)c(C(=O)c2ncc(Cl)cc2NS(=O)(=O)c2ccc(Cl)c(C(F)(F)F)c2)c1.[Na+].[OH-]. The number of amides is 3. The molecule has 6 rings (SSSR count). The van der Waals surface area contributed by atoms with E-state index in [1.54, 1.807) is 14.1 Å². The van der Waals surface area contributed by atoms with Gasteiger partial charge in [0, 0.05) is 63.1 Å². The molecule has 0 saturated heterocycles. The summed E-state index contributed by atoms with van der Waals surface area (Å²) in [6.07, 6.45) is -7.63. The fraction of sp³-hybridized carbons (Fsp3) is 0.156. The summed E-state index contributed by atoms with van der Waals surface area (Å²) in [5.41, 5.74) is 1.58. The van der Waals surface area contributed by atoms with Gasteiger partial charge in [-0.05, 0) is 96.5 Å². The molecule has 2 heterocycles. The maximum atomic E-state index is 13.3. The van der Waals surface area contributed by atoms with E-state index in [1.165, 1.54) is 60.3 Å². The number of urea groups is 1. The second kappa shape index (κ2) is 29.0. The van der Waals surface area contributed by atoms with Gasteiger partial charge < -0.3 is 26.3 Å². The van der Waals surface area contributed by atoms with Crippen LogP contribution in [0.25, 0.3) is 0 Å². The van der Waals surface area contributed by atoms with Crippen molar-refractivity contribution in [2.45, 2.75) is 29.6 Å². The monoisotopic (exact) mass is 1280 g/mol. The summed E-state index contributed by atoms with van der Waals surface area (Å²) in [6, 6.07) is 13.9. The van der Waals surface area contributed by atoms with Gasteiger partial charge in [-0.1, -0.05) is 77.0 Å². The van der Waals surface area contributed by atoms with E-state index < -0.39 is 103 Å². The Labute approximate surface area is 499 Å². The predicted octanol–water partition coefficient (Wildman–Crippen LogP) is 10.2. The van der Waals surface area contributed by atoms with E-state index in [4.69, 9.17) is 86.9 Å². The van der Waals surface area contributed by atoms with Crippen LogP contribution in [0.3, 0.4) is 0 Å². The first-order valence-electron chi connectivity index (χ1n) is 19.9. The first kappa shape index (κ1) is 71.1. The summed E-state index contributed by atoms with van der Waals surface area (Å²) in [4.78, 5) is 56.9. The molecule has 0 unspecified atom stereocenters. The first-order chi connectivity index (χ1) is 34.5. The number of nitrogens with one attached hydrogen (secondary N) is 3. The molecule has 0 atom stereocenters. The molecule has 78 heavy (non-hydrogen) atoms. The number of aromatic nitrogens is 2. The zero-order valence-corrected chi connectivity index (χ0v) is 48.5. The van der Waals surface area contributed by atoms with Crippen LogP contribution in [0.1, 0.15) is 50.7 Å². The zero-order chi connectivity index (χ0) is 56.7. The number of nitrogens with zero attached hydrogens (tertiary/aromatic N) is 4. The van der Waals surface area contributed by atoms with Crippen LogP contribution in [0.2, 0.25) is 30.1 Å². The normalized spacial score (nSPS) is 11.0. The first-order valence-corrected chi connectivity index (χ1v) is 25.5. The smallest absolute Gasteiger partial charge is 0.870 e. The van der Waals surface area contributed by atoms with Crippen molar-refractivity contribution in [3.63, 3.8) is 0 Å². The maximum Gasteiger partial charge on any atom is 1.00 e. The van der Waals surface area contributed by atoms with Crippen molar-refractivity contribution in [3.05, 3.63) is 161 Å². The Bertz CT molecular complexity index is 3440. The second-order valence-corrected chi connectivity index (χ2v) is 21.3. The van der Waals surface area contributed by atoms with E-state index in [2.05, 4.69) is 15.3 Å². The number of nitrogen functional groups attached to an aromatic ring is 1. The zero-order valence-electron chi connectivity index (χ0n) is 39.5. The summed E-state index contributed by atoms with van der Waals surface area (Å²) in [5.74, 6) is -1.64. The molecule has 4 aromatic carbocycles. The van der Waals surface area contributed by atoms with Crippen LogP contribution in [0, 0.1) is 0 Å². The fourth-order valence-corrected chi connectivity index (χ4v) is 8.90. The number of alkyl halides is 6. The van der Waals surface area contributed by atoms with E-state index in [-0.39, 0.29) is 90.7 Å². The van der Waals surface area contributed by atoms with E-state index in [0.29, 0.717) is 12.1 Å². The third-order valence-electron chi connectivity index (χ3n) is 9.19. The molecule has 0 aliphatic heterocycles. The molecule has 3 amide bonds. The number of anilines is 4. The topological polar surface area (TPSA) is 261 Å². The summed E-state index contributed by atoms with van der Waals surface area (Å²) in [5, 5.41) is 0.628. The number of sulfonamides is 2. The van der Waals surface area contributed by atoms with Crippen molar-refractivity contribution in [3.8, 4) is 0 Å². The number of carbonyl (C=O) groups is 4. The predicted molar refractivity (Wildman–Crippen MR) is 284 cm³/mol. The van der Waals surface area contributed by atoms with Gasteiger partial charge in [0.15, 0.2) is 0 Å². The van der Waals surface area contributed by atoms with Gasteiger partial charge in [-0.15, -0.1) is 0 Å². The number of benzene rings is 4. The number of halogens is 13. The number of hydrogen-bond acceptors (Lipinski definition) is 12. The quantitative estimate of drug-likeness (QED) is 0.0236. The Balaban J connectivity index is 0.000000686. The number of nitrogens with two attached hydrogens (primary N) is 1. The van der Waals surface area contributed by atoms with Gasteiger partial charge in [-0.25, -0.2) is 31.6 Å². The average Bonchev–Trinajstić information content (AvgIpc) is 3.29. The van der Waals surface area contributed by atoms with Crippen LogP contribution in [0.4, 0.5) is 58.7 Å². The number of carbonyl (C=O) groups excluding carboxylic acids is 4. The van der Waals surface area contributed by atoms with E-state index in [9.17, 15) is 62.4 Å². The molecular formula is C45H38Cl7F6N8NaO9S2. The van der Waals surface area contributed by atoms with Gasteiger partial charge in [0.05, 0.1) is 62.4 Å². The summed E-state index contributed by atoms with van der Waals surface area (Å²) in [6.45, 7) is 0. The molecule has 6 N–H and O–H groups in total. The summed E-state index contributed by atoms with van der Waals surface area (Å²) < 4.78 is 135. The molecule has 0 fully saturated rings. The molecule has 17 nitrogen and oxygen atoms in total. The van der Waals surface area contributed by atoms with Crippen molar-refractivity contribution in [1.82, 2.24) is 19.8 Å². The molecule has 0 spiro atoms. The minimum absolute atomic E-state index is 0. The fourth-order valence-electron chi connectivity index (χ4n) is 5.57. The van der Waals surface area contributed by atoms with Gasteiger partial charge in [0.25, 0.3) is 20.0 Å². The van der Waals surface area contributed by atoms with Crippen molar-refractivity contribution in [2.75, 3.05) is 48.7 Å². The van der Waals surface area contributed by atoms with E-state index >= 15 is 0 Å². The molecule has 0 saturated carbocycles. The van der Waals surface area contributed by atoms with Crippen LogP contribution < -0.4 is 50.1 Å². The van der Waals surface area contributed by atoms with Crippen molar-refractivity contribution >= 4 is 147 Å². The van der Waals surface area contributed by atoms with Crippen LogP contribution in [-0.4, -0.2) is 93.2 Å².